The fourth-order valence-electron chi connectivity index (χ4n) is 1.90. The van der Waals surface area contributed by atoms with E-state index in [2.05, 4.69) is 15.9 Å². The molecule has 0 N–H and O–H groups in total. The average molecular weight is 354 g/mol. The zero-order valence-corrected chi connectivity index (χ0v) is 13.1. The van der Waals surface area contributed by atoms with Crippen LogP contribution >= 0.6 is 15.9 Å². The second-order valence-electron chi connectivity index (χ2n) is 4.84. The summed E-state index contributed by atoms with van der Waals surface area (Å²) in [6.45, 7) is 4.01. The molecule has 2 aromatic rings. The largest absolute Gasteiger partial charge is 0.457 e. The number of nitro groups is 1. The van der Waals surface area contributed by atoms with E-state index >= 15 is 0 Å². The third-order valence-corrected chi connectivity index (χ3v) is 3.38. The number of hydrogen-bond donors (Lipinski definition) is 0. The van der Waals surface area contributed by atoms with Gasteiger partial charge in [-0.15, -0.1) is 0 Å². The molecule has 0 aromatic heterocycles. The Labute approximate surface area is 129 Å². The molecule has 0 amide bonds. The minimum Gasteiger partial charge on any atom is -0.457 e. The molecule has 0 radical (unpaired) electrons. The quantitative estimate of drug-likeness (QED) is 0.545. The van der Waals surface area contributed by atoms with Crippen molar-refractivity contribution in [2.75, 3.05) is 0 Å². The lowest BCUT2D eigenvalue weighted by Gasteiger charge is -2.14. The summed E-state index contributed by atoms with van der Waals surface area (Å²) in [5, 5.41) is 10.8. The van der Waals surface area contributed by atoms with Gasteiger partial charge in [-0.1, -0.05) is 29.8 Å². The molecule has 0 heterocycles. The maximum atomic E-state index is 13.4. The Bertz CT molecular complexity index is 689. The Hall–Kier alpha value is -1.95. The summed E-state index contributed by atoms with van der Waals surface area (Å²) in [7, 11) is 0. The standard InChI is InChI=1S/C15H13BrFNO3/c1-9(2)14-5-10(16)3-4-15(14)21-13-7-11(17)6-12(8-13)18(19)20/h3-9H,1-2H3. The van der Waals surface area contributed by atoms with Crippen LogP contribution in [0.15, 0.2) is 40.9 Å². The van der Waals surface area contributed by atoms with Crippen molar-refractivity contribution in [3.63, 3.8) is 0 Å². The van der Waals surface area contributed by atoms with Crippen molar-refractivity contribution in [1.82, 2.24) is 0 Å². The smallest absolute Gasteiger partial charge is 0.276 e. The van der Waals surface area contributed by atoms with Crippen LogP contribution in [0.1, 0.15) is 25.3 Å². The van der Waals surface area contributed by atoms with Gasteiger partial charge in [0.25, 0.3) is 5.69 Å². The van der Waals surface area contributed by atoms with E-state index in [1.807, 2.05) is 19.9 Å². The predicted molar refractivity (Wildman–Crippen MR) is 81.4 cm³/mol. The molecule has 0 fully saturated rings. The molecule has 0 saturated carbocycles. The summed E-state index contributed by atoms with van der Waals surface area (Å²) >= 11 is 3.39. The Morgan fingerprint density at radius 3 is 2.57 bits per heavy atom. The molecule has 0 saturated heterocycles. The molecule has 0 aliphatic heterocycles. The number of nitro benzene ring substituents is 1. The highest BCUT2D eigenvalue weighted by Crippen LogP contribution is 2.34. The number of rotatable bonds is 4. The fraction of sp³-hybridized carbons (Fsp3) is 0.200. The van der Waals surface area contributed by atoms with E-state index in [0.717, 1.165) is 22.2 Å². The summed E-state index contributed by atoms with van der Waals surface area (Å²) in [5.74, 6) is 0.141. The zero-order valence-electron chi connectivity index (χ0n) is 11.5. The molecule has 0 bridgehead atoms. The van der Waals surface area contributed by atoms with Gasteiger partial charge in [0.1, 0.15) is 17.3 Å². The number of hydrogen-bond acceptors (Lipinski definition) is 3. The lowest BCUT2D eigenvalue weighted by Crippen LogP contribution is -1.96. The molecule has 0 spiro atoms. The Kier molecular flexibility index (Phi) is 4.57. The summed E-state index contributed by atoms with van der Waals surface area (Å²) < 4.78 is 20.0. The molecule has 21 heavy (non-hydrogen) atoms. The molecule has 2 rings (SSSR count). The van der Waals surface area contributed by atoms with Crippen LogP contribution in [-0.2, 0) is 0 Å². The van der Waals surface area contributed by atoms with Crippen LogP contribution in [0.3, 0.4) is 0 Å². The SMILES string of the molecule is CC(C)c1cc(Br)ccc1Oc1cc(F)cc([N+](=O)[O-])c1. The molecular formula is C15H13BrFNO3. The predicted octanol–water partition coefficient (Wildman–Crippen LogP) is 5.41. The summed E-state index contributed by atoms with van der Waals surface area (Å²) in [5.41, 5.74) is 0.587. The van der Waals surface area contributed by atoms with Crippen molar-refractivity contribution in [1.29, 1.82) is 0 Å². The molecule has 4 nitrogen and oxygen atoms in total. The lowest BCUT2D eigenvalue weighted by molar-refractivity contribution is -0.385. The molecule has 6 heteroatoms. The third kappa shape index (κ3) is 3.78. The van der Waals surface area contributed by atoms with Crippen molar-refractivity contribution < 1.29 is 14.1 Å². The number of benzene rings is 2. The van der Waals surface area contributed by atoms with E-state index in [-0.39, 0.29) is 17.4 Å². The first-order chi connectivity index (χ1) is 9.86. The van der Waals surface area contributed by atoms with Gasteiger partial charge in [-0.25, -0.2) is 4.39 Å². The number of ether oxygens (including phenoxy) is 1. The van der Waals surface area contributed by atoms with E-state index in [4.69, 9.17) is 4.74 Å². The van der Waals surface area contributed by atoms with Gasteiger partial charge in [0, 0.05) is 10.5 Å². The van der Waals surface area contributed by atoms with Gasteiger partial charge < -0.3 is 4.74 Å². The van der Waals surface area contributed by atoms with Gasteiger partial charge in [0.2, 0.25) is 0 Å². The molecular weight excluding hydrogens is 341 g/mol. The van der Waals surface area contributed by atoms with Gasteiger partial charge in [-0.3, -0.25) is 10.1 Å². The van der Waals surface area contributed by atoms with E-state index in [1.165, 1.54) is 6.07 Å². The van der Waals surface area contributed by atoms with Crippen LogP contribution in [0.5, 0.6) is 11.5 Å². The highest BCUT2D eigenvalue weighted by molar-refractivity contribution is 9.10. The van der Waals surface area contributed by atoms with Crippen molar-refractivity contribution >= 4 is 21.6 Å². The van der Waals surface area contributed by atoms with Crippen LogP contribution in [0.4, 0.5) is 10.1 Å². The molecule has 110 valence electrons. The first-order valence-corrected chi connectivity index (χ1v) is 7.08. The molecule has 0 atom stereocenters. The van der Waals surface area contributed by atoms with Crippen LogP contribution in [0.25, 0.3) is 0 Å². The van der Waals surface area contributed by atoms with E-state index in [0.29, 0.717) is 5.75 Å². The average Bonchev–Trinajstić information content (AvgIpc) is 2.40. The van der Waals surface area contributed by atoms with E-state index in [9.17, 15) is 14.5 Å². The minimum absolute atomic E-state index is 0.103. The van der Waals surface area contributed by atoms with Crippen LogP contribution < -0.4 is 4.74 Å². The minimum atomic E-state index is -0.706. The second kappa shape index (κ2) is 6.22. The fourth-order valence-corrected chi connectivity index (χ4v) is 2.28. The summed E-state index contributed by atoms with van der Waals surface area (Å²) in [6.07, 6.45) is 0. The first kappa shape index (κ1) is 15.4. The molecule has 0 aliphatic rings. The zero-order chi connectivity index (χ0) is 15.6. The van der Waals surface area contributed by atoms with Gasteiger partial charge in [0.15, 0.2) is 0 Å². The lowest BCUT2D eigenvalue weighted by atomic mass is 10.0. The molecule has 0 unspecified atom stereocenters. The van der Waals surface area contributed by atoms with Gasteiger partial charge in [0.05, 0.1) is 17.1 Å². The molecule has 0 aliphatic carbocycles. The topological polar surface area (TPSA) is 52.4 Å². The van der Waals surface area contributed by atoms with Gasteiger partial charge in [-0.2, -0.15) is 0 Å². The van der Waals surface area contributed by atoms with Crippen LogP contribution in [-0.4, -0.2) is 4.92 Å². The number of halogens is 2. The summed E-state index contributed by atoms with van der Waals surface area (Å²) in [4.78, 5) is 10.1. The van der Waals surface area contributed by atoms with Crippen molar-refractivity contribution in [2.45, 2.75) is 19.8 Å². The maximum absolute atomic E-state index is 13.4. The van der Waals surface area contributed by atoms with Crippen molar-refractivity contribution in [3.8, 4) is 11.5 Å². The van der Waals surface area contributed by atoms with Gasteiger partial charge >= 0.3 is 0 Å². The molecule has 2 aromatic carbocycles. The Morgan fingerprint density at radius 1 is 1.24 bits per heavy atom. The monoisotopic (exact) mass is 353 g/mol. The Morgan fingerprint density at radius 2 is 1.95 bits per heavy atom. The first-order valence-electron chi connectivity index (χ1n) is 6.29. The normalized spacial score (nSPS) is 10.7. The Balaban J connectivity index is 2.40. The summed E-state index contributed by atoms with van der Waals surface area (Å²) in [6, 6.07) is 8.64. The van der Waals surface area contributed by atoms with E-state index < -0.39 is 10.7 Å². The highest BCUT2D eigenvalue weighted by Gasteiger charge is 2.14. The van der Waals surface area contributed by atoms with Crippen LogP contribution in [0, 0.1) is 15.9 Å². The van der Waals surface area contributed by atoms with Gasteiger partial charge in [-0.05, 0) is 29.7 Å². The third-order valence-electron chi connectivity index (χ3n) is 2.89. The van der Waals surface area contributed by atoms with Crippen LogP contribution in [0.2, 0.25) is 0 Å². The second-order valence-corrected chi connectivity index (χ2v) is 5.76. The highest BCUT2D eigenvalue weighted by atomic mass is 79.9. The van der Waals surface area contributed by atoms with Crippen molar-refractivity contribution in [3.05, 3.63) is 62.4 Å². The van der Waals surface area contributed by atoms with Crippen molar-refractivity contribution in [2.24, 2.45) is 0 Å². The maximum Gasteiger partial charge on any atom is 0.276 e. The number of non-ortho nitro benzene ring substituents is 1. The number of nitrogens with zero attached hydrogens (tertiary/aromatic N) is 1. The van der Waals surface area contributed by atoms with E-state index in [1.54, 1.807) is 12.1 Å².